The molecule has 1 fully saturated rings. The van der Waals surface area contributed by atoms with E-state index in [4.69, 9.17) is 11.6 Å². The molecule has 2 amide bonds. The van der Waals surface area contributed by atoms with Crippen LogP contribution in [0.4, 0.5) is 10.5 Å². The van der Waals surface area contributed by atoms with Crippen LogP contribution in [0.3, 0.4) is 0 Å². The summed E-state index contributed by atoms with van der Waals surface area (Å²) >= 11 is 6.03. The van der Waals surface area contributed by atoms with Crippen molar-refractivity contribution in [3.63, 3.8) is 0 Å². The van der Waals surface area contributed by atoms with Crippen LogP contribution in [-0.2, 0) is 0 Å². The summed E-state index contributed by atoms with van der Waals surface area (Å²) in [6, 6.07) is 7.28. The minimum atomic E-state index is -0.0446. The molecule has 1 saturated carbocycles. The van der Waals surface area contributed by atoms with Gasteiger partial charge in [-0.3, -0.25) is 0 Å². The largest absolute Gasteiger partial charge is 0.324 e. The topological polar surface area (TPSA) is 32.3 Å². The Balaban J connectivity index is 1.97. The molecule has 0 atom stereocenters. The van der Waals surface area contributed by atoms with Crippen LogP contribution in [0.5, 0.6) is 0 Å². The van der Waals surface area contributed by atoms with E-state index in [0.29, 0.717) is 16.6 Å². The Morgan fingerprint density at radius 1 is 1.44 bits per heavy atom. The van der Waals surface area contributed by atoms with Crippen molar-refractivity contribution in [2.45, 2.75) is 26.2 Å². The highest BCUT2D eigenvalue weighted by Crippen LogP contribution is 2.30. The Morgan fingerprint density at radius 3 is 2.78 bits per heavy atom. The van der Waals surface area contributed by atoms with E-state index in [9.17, 15) is 4.79 Å². The number of nitrogens with zero attached hydrogens (tertiary/aromatic N) is 1. The maximum atomic E-state index is 12.2. The molecule has 4 heteroatoms. The van der Waals surface area contributed by atoms with Gasteiger partial charge < -0.3 is 10.2 Å². The number of carbonyl (C=O) groups excluding carboxylic acids is 1. The SMILES string of the molecule is CCCN(CC1CC1)C(=O)Nc1ccccc1Cl. The molecular formula is C14H19ClN2O. The highest BCUT2D eigenvalue weighted by Gasteiger charge is 2.26. The molecule has 18 heavy (non-hydrogen) atoms. The highest BCUT2D eigenvalue weighted by molar-refractivity contribution is 6.33. The first-order valence-electron chi connectivity index (χ1n) is 6.51. The number of urea groups is 1. The van der Waals surface area contributed by atoms with Crippen molar-refractivity contribution in [2.24, 2.45) is 5.92 Å². The second-order valence-corrected chi connectivity index (χ2v) is 5.21. The molecule has 0 aromatic heterocycles. The highest BCUT2D eigenvalue weighted by atomic mass is 35.5. The predicted molar refractivity (Wildman–Crippen MR) is 75.1 cm³/mol. The van der Waals surface area contributed by atoms with Crippen molar-refractivity contribution in [1.82, 2.24) is 4.90 Å². The van der Waals surface area contributed by atoms with Crippen LogP contribution in [0.15, 0.2) is 24.3 Å². The summed E-state index contributed by atoms with van der Waals surface area (Å²) in [6.07, 6.45) is 3.47. The number of hydrogen-bond donors (Lipinski definition) is 1. The number of nitrogens with one attached hydrogen (secondary N) is 1. The zero-order valence-corrected chi connectivity index (χ0v) is 11.4. The van der Waals surface area contributed by atoms with Gasteiger partial charge in [0, 0.05) is 13.1 Å². The van der Waals surface area contributed by atoms with Crippen molar-refractivity contribution in [3.05, 3.63) is 29.3 Å². The first kappa shape index (κ1) is 13.2. The average Bonchev–Trinajstić information content (AvgIpc) is 3.15. The number of halogens is 1. The van der Waals surface area contributed by atoms with Gasteiger partial charge in [0.15, 0.2) is 0 Å². The van der Waals surface area contributed by atoms with Crippen molar-refractivity contribution >= 4 is 23.3 Å². The van der Waals surface area contributed by atoms with E-state index in [1.54, 1.807) is 6.07 Å². The van der Waals surface area contributed by atoms with E-state index >= 15 is 0 Å². The summed E-state index contributed by atoms with van der Waals surface area (Å²) in [5, 5.41) is 3.46. The van der Waals surface area contributed by atoms with E-state index < -0.39 is 0 Å². The van der Waals surface area contributed by atoms with E-state index in [-0.39, 0.29) is 6.03 Å². The molecule has 0 unspecified atom stereocenters. The Morgan fingerprint density at radius 2 is 2.17 bits per heavy atom. The van der Waals surface area contributed by atoms with Crippen molar-refractivity contribution < 1.29 is 4.79 Å². The average molecular weight is 267 g/mol. The summed E-state index contributed by atoms with van der Waals surface area (Å²) in [4.78, 5) is 14.1. The van der Waals surface area contributed by atoms with Crippen LogP contribution in [0, 0.1) is 5.92 Å². The lowest BCUT2D eigenvalue weighted by atomic mass is 10.3. The quantitative estimate of drug-likeness (QED) is 0.859. The Hall–Kier alpha value is -1.22. The fourth-order valence-corrected chi connectivity index (χ4v) is 2.10. The number of benzene rings is 1. The summed E-state index contributed by atoms with van der Waals surface area (Å²) < 4.78 is 0. The maximum absolute atomic E-state index is 12.2. The number of para-hydroxylation sites is 1. The van der Waals surface area contributed by atoms with Crippen molar-refractivity contribution in [2.75, 3.05) is 18.4 Å². The molecule has 98 valence electrons. The molecule has 0 aliphatic heterocycles. The number of carbonyl (C=O) groups is 1. The van der Waals surface area contributed by atoms with E-state index in [1.807, 2.05) is 23.1 Å². The van der Waals surface area contributed by atoms with Gasteiger partial charge in [-0.2, -0.15) is 0 Å². The molecule has 0 bridgehead atoms. The first-order chi connectivity index (χ1) is 8.70. The smallest absolute Gasteiger partial charge is 0.321 e. The summed E-state index contributed by atoms with van der Waals surface area (Å²) in [7, 11) is 0. The van der Waals surface area contributed by atoms with Crippen LogP contribution >= 0.6 is 11.6 Å². The minimum absolute atomic E-state index is 0.0446. The normalized spacial score (nSPS) is 14.3. The Bertz CT molecular complexity index is 418. The fraction of sp³-hybridized carbons (Fsp3) is 0.500. The van der Waals surface area contributed by atoms with Gasteiger partial charge in [0.25, 0.3) is 0 Å². The number of rotatable bonds is 5. The van der Waals surface area contributed by atoms with E-state index in [1.165, 1.54) is 12.8 Å². The van der Waals surface area contributed by atoms with E-state index in [0.717, 1.165) is 19.5 Å². The van der Waals surface area contributed by atoms with Gasteiger partial charge in [-0.25, -0.2) is 4.79 Å². The second kappa shape index (κ2) is 6.10. The van der Waals surface area contributed by atoms with Gasteiger partial charge in [0.05, 0.1) is 10.7 Å². The standard InChI is InChI=1S/C14H19ClN2O/c1-2-9-17(10-11-7-8-11)14(18)16-13-6-4-3-5-12(13)15/h3-6,11H,2,7-10H2,1H3,(H,16,18). The molecule has 1 aliphatic carbocycles. The summed E-state index contributed by atoms with van der Waals surface area (Å²) in [5.74, 6) is 0.702. The molecule has 1 aromatic rings. The van der Waals surface area contributed by atoms with Crippen LogP contribution in [0.1, 0.15) is 26.2 Å². The zero-order valence-electron chi connectivity index (χ0n) is 10.7. The molecule has 1 aromatic carbocycles. The summed E-state index contributed by atoms with van der Waals surface area (Å²) in [6.45, 7) is 3.75. The fourth-order valence-electron chi connectivity index (χ4n) is 1.91. The molecule has 3 nitrogen and oxygen atoms in total. The van der Waals surface area contributed by atoms with Crippen molar-refractivity contribution in [3.8, 4) is 0 Å². The first-order valence-corrected chi connectivity index (χ1v) is 6.89. The van der Waals surface area contributed by atoms with Gasteiger partial charge in [-0.1, -0.05) is 30.7 Å². The zero-order chi connectivity index (χ0) is 13.0. The monoisotopic (exact) mass is 266 g/mol. The minimum Gasteiger partial charge on any atom is -0.324 e. The lowest BCUT2D eigenvalue weighted by Crippen LogP contribution is -2.37. The van der Waals surface area contributed by atoms with Crippen LogP contribution in [0.25, 0.3) is 0 Å². The van der Waals surface area contributed by atoms with Gasteiger partial charge in [-0.05, 0) is 37.3 Å². The van der Waals surface area contributed by atoms with Crippen LogP contribution in [0.2, 0.25) is 5.02 Å². The van der Waals surface area contributed by atoms with Gasteiger partial charge in [0.1, 0.15) is 0 Å². The Kier molecular flexibility index (Phi) is 4.48. The molecule has 0 radical (unpaired) electrons. The van der Waals surface area contributed by atoms with Gasteiger partial charge in [0.2, 0.25) is 0 Å². The third-order valence-corrected chi connectivity index (χ3v) is 3.40. The lowest BCUT2D eigenvalue weighted by Gasteiger charge is -2.22. The van der Waals surface area contributed by atoms with E-state index in [2.05, 4.69) is 12.2 Å². The number of amides is 2. The lowest BCUT2D eigenvalue weighted by molar-refractivity contribution is 0.209. The van der Waals surface area contributed by atoms with Crippen LogP contribution < -0.4 is 5.32 Å². The van der Waals surface area contributed by atoms with Gasteiger partial charge >= 0.3 is 6.03 Å². The molecule has 1 N–H and O–H groups in total. The number of anilines is 1. The molecule has 1 aliphatic rings. The second-order valence-electron chi connectivity index (χ2n) is 4.80. The molecular weight excluding hydrogens is 248 g/mol. The summed E-state index contributed by atoms with van der Waals surface area (Å²) in [5.41, 5.74) is 0.682. The third kappa shape index (κ3) is 3.64. The van der Waals surface area contributed by atoms with Crippen molar-refractivity contribution in [1.29, 1.82) is 0 Å². The van der Waals surface area contributed by atoms with Crippen LogP contribution in [-0.4, -0.2) is 24.0 Å². The Labute approximate surface area is 113 Å². The predicted octanol–water partition coefficient (Wildman–Crippen LogP) is 3.99. The molecule has 0 heterocycles. The molecule has 0 spiro atoms. The third-order valence-electron chi connectivity index (χ3n) is 3.07. The molecule has 0 saturated heterocycles. The molecule has 2 rings (SSSR count). The number of hydrogen-bond acceptors (Lipinski definition) is 1. The van der Waals surface area contributed by atoms with Gasteiger partial charge in [-0.15, -0.1) is 0 Å². The maximum Gasteiger partial charge on any atom is 0.321 e.